The number of ether oxygens (including phenoxy) is 1. The van der Waals surface area contributed by atoms with E-state index in [0.29, 0.717) is 16.9 Å². The minimum Gasteiger partial charge on any atom is -0.497 e. The van der Waals surface area contributed by atoms with E-state index in [9.17, 15) is 14.3 Å². The Hall–Kier alpha value is -2.40. The van der Waals surface area contributed by atoms with Crippen LogP contribution in [0.3, 0.4) is 0 Å². The zero-order chi connectivity index (χ0) is 18.6. The highest BCUT2D eigenvalue weighted by molar-refractivity contribution is 5.87. The van der Waals surface area contributed by atoms with E-state index in [0.717, 1.165) is 0 Å². The number of carbonyl (C=O) groups is 1. The first-order valence-corrected chi connectivity index (χ1v) is 8.14. The summed E-state index contributed by atoms with van der Waals surface area (Å²) in [5.74, 6) is 0.0303. The summed E-state index contributed by atoms with van der Waals surface area (Å²) < 4.78 is 18.5. The van der Waals surface area contributed by atoms with Crippen LogP contribution < -0.4 is 10.1 Å². The van der Waals surface area contributed by atoms with Gasteiger partial charge in [-0.1, -0.05) is 24.3 Å². The summed E-state index contributed by atoms with van der Waals surface area (Å²) >= 11 is 0. The highest BCUT2D eigenvalue weighted by Crippen LogP contribution is 2.26. The van der Waals surface area contributed by atoms with E-state index in [4.69, 9.17) is 4.74 Å². The van der Waals surface area contributed by atoms with Gasteiger partial charge in [0.15, 0.2) is 0 Å². The monoisotopic (exact) mass is 345 g/mol. The van der Waals surface area contributed by atoms with Crippen molar-refractivity contribution in [3.63, 3.8) is 0 Å². The van der Waals surface area contributed by atoms with Crippen LogP contribution in [0.1, 0.15) is 38.0 Å². The molecule has 0 aliphatic heterocycles. The summed E-state index contributed by atoms with van der Waals surface area (Å²) in [6.45, 7) is 5.18. The van der Waals surface area contributed by atoms with Gasteiger partial charge in [0.25, 0.3) is 0 Å². The summed E-state index contributed by atoms with van der Waals surface area (Å²) in [6, 6.07) is 12.5. The number of aliphatic hydroxyl groups is 1. The van der Waals surface area contributed by atoms with Gasteiger partial charge in [0, 0.05) is 0 Å². The summed E-state index contributed by atoms with van der Waals surface area (Å²) in [4.78, 5) is 12.7. The van der Waals surface area contributed by atoms with Crippen LogP contribution >= 0.6 is 0 Å². The first-order valence-electron chi connectivity index (χ1n) is 8.14. The van der Waals surface area contributed by atoms with Crippen LogP contribution in [0.5, 0.6) is 5.75 Å². The van der Waals surface area contributed by atoms with Crippen LogP contribution in [0.25, 0.3) is 0 Å². The third-order valence-corrected chi connectivity index (χ3v) is 4.40. The summed E-state index contributed by atoms with van der Waals surface area (Å²) in [5.41, 5.74) is 0.337. The average Bonchev–Trinajstić information content (AvgIpc) is 2.61. The second-order valence-electron chi connectivity index (χ2n) is 6.62. The fourth-order valence-corrected chi connectivity index (χ4v) is 2.56. The number of benzene rings is 2. The van der Waals surface area contributed by atoms with Gasteiger partial charge < -0.3 is 15.2 Å². The molecule has 2 aromatic rings. The second kappa shape index (κ2) is 7.66. The van der Waals surface area contributed by atoms with Crippen LogP contribution in [0, 0.1) is 5.82 Å². The Balaban J connectivity index is 2.09. The largest absolute Gasteiger partial charge is 0.497 e. The van der Waals surface area contributed by atoms with E-state index in [1.807, 2.05) is 0 Å². The first-order chi connectivity index (χ1) is 11.8. The smallest absolute Gasteiger partial charge is 0.230 e. The third kappa shape index (κ3) is 4.37. The van der Waals surface area contributed by atoms with E-state index >= 15 is 0 Å². The molecule has 2 rings (SSSR count). The Kier molecular flexibility index (Phi) is 5.80. The van der Waals surface area contributed by atoms with Crippen molar-refractivity contribution in [2.45, 2.75) is 38.3 Å². The van der Waals surface area contributed by atoms with Gasteiger partial charge in [-0.3, -0.25) is 4.79 Å². The zero-order valence-electron chi connectivity index (χ0n) is 14.9. The molecule has 0 saturated carbocycles. The maximum Gasteiger partial charge on any atom is 0.230 e. The molecule has 25 heavy (non-hydrogen) atoms. The average molecular weight is 345 g/mol. The molecule has 5 heteroatoms. The Morgan fingerprint density at radius 2 is 1.84 bits per heavy atom. The van der Waals surface area contributed by atoms with Crippen molar-refractivity contribution in [2.75, 3.05) is 7.11 Å². The van der Waals surface area contributed by atoms with Gasteiger partial charge in [0.2, 0.25) is 5.91 Å². The number of methoxy groups -OCH3 is 1. The van der Waals surface area contributed by atoms with E-state index in [1.54, 1.807) is 64.3 Å². The van der Waals surface area contributed by atoms with Crippen LogP contribution in [0.15, 0.2) is 48.5 Å². The van der Waals surface area contributed by atoms with E-state index in [-0.39, 0.29) is 11.7 Å². The lowest BCUT2D eigenvalue weighted by molar-refractivity contribution is -0.127. The molecule has 2 unspecified atom stereocenters. The maximum absolute atomic E-state index is 13.5. The predicted octanol–water partition coefficient (Wildman–Crippen LogP) is 3.35. The van der Waals surface area contributed by atoms with Crippen molar-refractivity contribution in [1.29, 1.82) is 0 Å². The molecule has 2 aromatic carbocycles. The number of rotatable bonds is 6. The summed E-state index contributed by atoms with van der Waals surface area (Å²) in [5, 5.41) is 13.3. The lowest BCUT2D eigenvalue weighted by Gasteiger charge is -2.28. The van der Waals surface area contributed by atoms with E-state index in [2.05, 4.69) is 5.32 Å². The molecule has 0 bridgehead atoms. The third-order valence-electron chi connectivity index (χ3n) is 4.40. The maximum atomic E-state index is 13.5. The van der Waals surface area contributed by atoms with Crippen molar-refractivity contribution < 1.29 is 19.0 Å². The van der Waals surface area contributed by atoms with Crippen molar-refractivity contribution in [3.8, 4) is 5.75 Å². The Labute approximate surface area is 147 Å². The quantitative estimate of drug-likeness (QED) is 0.844. The normalized spacial score (nSPS) is 13.8. The molecule has 0 spiro atoms. The van der Waals surface area contributed by atoms with Crippen LogP contribution in [0.4, 0.5) is 4.39 Å². The number of hydrogen-bond donors (Lipinski definition) is 2. The van der Waals surface area contributed by atoms with Gasteiger partial charge in [-0.2, -0.15) is 0 Å². The SMILES string of the molecule is COc1ccc(C(O)C(C)NC(=O)C(C)(C)c2cccc(F)c2)cc1. The van der Waals surface area contributed by atoms with Crippen molar-refractivity contribution in [2.24, 2.45) is 0 Å². The van der Waals surface area contributed by atoms with Crippen molar-refractivity contribution in [1.82, 2.24) is 5.32 Å². The molecular weight excluding hydrogens is 321 g/mol. The second-order valence-corrected chi connectivity index (χ2v) is 6.62. The molecular formula is C20H24FNO3. The molecule has 2 atom stereocenters. The molecule has 2 N–H and O–H groups in total. The molecule has 0 heterocycles. The Morgan fingerprint density at radius 3 is 2.40 bits per heavy atom. The van der Waals surface area contributed by atoms with Gasteiger partial charge >= 0.3 is 0 Å². The standard InChI is InChI=1S/C20H24FNO3/c1-13(18(23)14-8-10-17(25-4)11-9-14)22-19(24)20(2,3)15-6-5-7-16(21)12-15/h5-13,18,23H,1-4H3,(H,22,24). The fraction of sp³-hybridized carbons (Fsp3) is 0.350. The minimum absolute atomic E-state index is 0.279. The number of hydrogen-bond acceptors (Lipinski definition) is 3. The molecule has 0 saturated heterocycles. The first kappa shape index (κ1) is 18.9. The number of nitrogens with one attached hydrogen (secondary N) is 1. The molecule has 4 nitrogen and oxygen atoms in total. The zero-order valence-corrected chi connectivity index (χ0v) is 14.9. The summed E-state index contributed by atoms with van der Waals surface area (Å²) in [6.07, 6.45) is -0.863. The van der Waals surface area contributed by atoms with Crippen molar-refractivity contribution in [3.05, 3.63) is 65.5 Å². The molecule has 0 aromatic heterocycles. The van der Waals surface area contributed by atoms with Gasteiger partial charge in [-0.15, -0.1) is 0 Å². The van der Waals surface area contributed by atoms with Gasteiger partial charge in [0.1, 0.15) is 11.6 Å². The number of halogens is 1. The van der Waals surface area contributed by atoms with E-state index < -0.39 is 17.6 Å². The molecule has 134 valence electrons. The summed E-state index contributed by atoms with van der Waals surface area (Å²) in [7, 11) is 1.57. The van der Waals surface area contributed by atoms with Gasteiger partial charge in [-0.05, 0) is 56.2 Å². The highest BCUT2D eigenvalue weighted by Gasteiger charge is 2.32. The van der Waals surface area contributed by atoms with Gasteiger partial charge in [0.05, 0.1) is 24.7 Å². The molecule has 1 amide bonds. The molecule has 0 aliphatic carbocycles. The Morgan fingerprint density at radius 1 is 1.20 bits per heavy atom. The van der Waals surface area contributed by atoms with Crippen LogP contribution in [-0.2, 0) is 10.2 Å². The number of carbonyl (C=O) groups excluding carboxylic acids is 1. The van der Waals surface area contributed by atoms with E-state index in [1.165, 1.54) is 12.1 Å². The highest BCUT2D eigenvalue weighted by atomic mass is 19.1. The predicted molar refractivity (Wildman–Crippen MR) is 95.0 cm³/mol. The lowest BCUT2D eigenvalue weighted by Crippen LogP contribution is -2.46. The lowest BCUT2D eigenvalue weighted by atomic mass is 9.83. The number of amides is 1. The Bertz CT molecular complexity index is 728. The van der Waals surface area contributed by atoms with Crippen LogP contribution in [-0.4, -0.2) is 24.2 Å². The van der Waals surface area contributed by atoms with Crippen LogP contribution in [0.2, 0.25) is 0 Å². The van der Waals surface area contributed by atoms with Crippen molar-refractivity contribution >= 4 is 5.91 Å². The number of aliphatic hydroxyl groups excluding tert-OH is 1. The topological polar surface area (TPSA) is 58.6 Å². The molecule has 0 fully saturated rings. The molecule has 0 aliphatic rings. The fourth-order valence-electron chi connectivity index (χ4n) is 2.56. The van der Waals surface area contributed by atoms with Gasteiger partial charge in [-0.25, -0.2) is 4.39 Å². The molecule has 0 radical (unpaired) electrons. The minimum atomic E-state index is -0.921.